The van der Waals surface area contributed by atoms with Gasteiger partial charge in [0.1, 0.15) is 3.70 Å². The molecule has 0 radical (unpaired) electrons. The first-order valence-electron chi connectivity index (χ1n) is 2.67. The van der Waals surface area contributed by atoms with Gasteiger partial charge in [0, 0.05) is 12.3 Å². The molecule has 1 aromatic rings. The number of hydrogen-bond donors (Lipinski definition) is 1. The van der Waals surface area contributed by atoms with Gasteiger partial charge in [0.05, 0.1) is 7.11 Å². The number of aromatic nitrogens is 1. The first kappa shape index (κ1) is 7.59. The standard InChI is InChI=1S/C6H6INO2/c1-10-5-4(9)2-3-8-6(5)7/h2-3H,1H3,(H,8,9). The summed E-state index contributed by atoms with van der Waals surface area (Å²) in [5.41, 5.74) is -0.0920. The van der Waals surface area contributed by atoms with Crippen LogP contribution in [0.3, 0.4) is 0 Å². The largest absolute Gasteiger partial charge is 0.490 e. The Morgan fingerprint density at radius 3 is 2.80 bits per heavy atom. The van der Waals surface area contributed by atoms with Crippen LogP contribution in [0.5, 0.6) is 5.75 Å². The zero-order valence-corrected chi connectivity index (χ0v) is 7.51. The minimum Gasteiger partial charge on any atom is -0.490 e. The van der Waals surface area contributed by atoms with E-state index in [-0.39, 0.29) is 5.43 Å². The summed E-state index contributed by atoms with van der Waals surface area (Å²) >= 11 is 2.01. The third-order valence-electron chi connectivity index (χ3n) is 1.07. The lowest BCUT2D eigenvalue weighted by Gasteiger charge is -1.98. The Morgan fingerprint density at radius 2 is 2.40 bits per heavy atom. The molecule has 54 valence electrons. The van der Waals surface area contributed by atoms with Gasteiger partial charge >= 0.3 is 0 Å². The molecular formula is C6H6INO2. The van der Waals surface area contributed by atoms with Crippen molar-refractivity contribution in [3.8, 4) is 5.75 Å². The summed E-state index contributed by atoms with van der Waals surface area (Å²) in [6, 6.07) is 1.43. The van der Waals surface area contributed by atoms with Gasteiger partial charge < -0.3 is 9.72 Å². The zero-order valence-electron chi connectivity index (χ0n) is 5.35. The molecule has 1 aromatic heterocycles. The van der Waals surface area contributed by atoms with E-state index < -0.39 is 0 Å². The zero-order chi connectivity index (χ0) is 7.56. The quantitative estimate of drug-likeness (QED) is 0.597. The van der Waals surface area contributed by atoms with Crippen molar-refractivity contribution >= 4 is 22.6 Å². The first-order valence-corrected chi connectivity index (χ1v) is 3.74. The Morgan fingerprint density at radius 1 is 1.70 bits per heavy atom. The second kappa shape index (κ2) is 3.05. The van der Waals surface area contributed by atoms with Crippen molar-refractivity contribution in [3.05, 3.63) is 26.2 Å². The highest BCUT2D eigenvalue weighted by Crippen LogP contribution is 2.10. The molecule has 0 saturated heterocycles. The molecule has 1 heterocycles. The molecule has 3 nitrogen and oxygen atoms in total. The van der Waals surface area contributed by atoms with E-state index in [9.17, 15) is 4.79 Å². The highest BCUT2D eigenvalue weighted by molar-refractivity contribution is 14.1. The predicted octanol–water partition coefficient (Wildman–Crippen LogP) is 0.988. The van der Waals surface area contributed by atoms with Crippen LogP contribution in [-0.2, 0) is 0 Å². The van der Waals surface area contributed by atoms with E-state index in [4.69, 9.17) is 4.74 Å². The number of nitrogens with one attached hydrogen (secondary N) is 1. The van der Waals surface area contributed by atoms with Crippen molar-refractivity contribution < 1.29 is 4.74 Å². The topological polar surface area (TPSA) is 42.1 Å². The number of H-pyrrole nitrogens is 1. The summed E-state index contributed by atoms with van der Waals surface area (Å²) in [5.74, 6) is 0.378. The number of aromatic amines is 1. The van der Waals surface area contributed by atoms with Crippen LogP contribution in [0.4, 0.5) is 0 Å². The van der Waals surface area contributed by atoms with Crippen LogP contribution < -0.4 is 10.2 Å². The van der Waals surface area contributed by atoms with Crippen LogP contribution in [0.1, 0.15) is 0 Å². The van der Waals surface area contributed by atoms with E-state index in [1.54, 1.807) is 6.20 Å². The van der Waals surface area contributed by atoms with Crippen molar-refractivity contribution in [3.63, 3.8) is 0 Å². The van der Waals surface area contributed by atoms with E-state index in [0.717, 1.165) is 3.70 Å². The van der Waals surface area contributed by atoms with E-state index >= 15 is 0 Å². The maximum atomic E-state index is 10.9. The van der Waals surface area contributed by atoms with E-state index in [1.807, 2.05) is 22.6 Å². The molecule has 4 heteroatoms. The number of pyridine rings is 1. The number of halogens is 1. The molecule has 0 aliphatic carbocycles. The molecule has 10 heavy (non-hydrogen) atoms. The van der Waals surface area contributed by atoms with Crippen molar-refractivity contribution in [1.29, 1.82) is 0 Å². The summed E-state index contributed by atoms with van der Waals surface area (Å²) in [5, 5.41) is 0. The van der Waals surface area contributed by atoms with Crippen LogP contribution in [0.2, 0.25) is 0 Å². The molecule has 0 aromatic carbocycles. The van der Waals surface area contributed by atoms with Crippen molar-refractivity contribution in [2.45, 2.75) is 0 Å². The Balaban J connectivity index is 3.31. The molecule has 0 fully saturated rings. The lowest BCUT2D eigenvalue weighted by atomic mass is 10.4. The molecule has 1 N–H and O–H groups in total. The highest BCUT2D eigenvalue weighted by Gasteiger charge is 2.01. The van der Waals surface area contributed by atoms with Crippen LogP contribution in [0.15, 0.2) is 17.1 Å². The smallest absolute Gasteiger partial charge is 0.224 e. The molecular weight excluding hydrogens is 245 g/mol. The van der Waals surface area contributed by atoms with E-state index in [0.29, 0.717) is 5.75 Å². The normalized spacial score (nSPS) is 9.40. The lowest BCUT2D eigenvalue weighted by molar-refractivity contribution is 0.405. The number of ether oxygens (including phenoxy) is 1. The Hall–Kier alpha value is -0.520. The average Bonchev–Trinajstić information content (AvgIpc) is 1.88. The Labute approximate surface area is 71.6 Å². The van der Waals surface area contributed by atoms with Crippen LogP contribution in [0, 0.1) is 3.70 Å². The number of rotatable bonds is 1. The second-order valence-electron chi connectivity index (χ2n) is 1.69. The second-order valence-corrected chi connectivity index (χ2v) is 2.77. The molecule has 0 unspecified atom stereocenters. The van der Waals surface area contributed by atoms with Gasteiger partial charge in [-0.1, -0.05) is 0 Å². The molecule has 0 spiro atoms. The maximum absolute atomic E-state index is 10.9. The van der Waals surface area contributed by atoms with Gasteiger partial charge in [0.15, 0.2) is 5.75 Å². The number of hydrogen-bond acceptors (Lipinski definition) is 2. The SMILES string of the molecule is COc1c(I)[nH]ccc1=O. The first-order chi connectivity index (χ1) is 4.75. The molecule has 0 aliphatic rings. The van der Waals surface area contributed by atoms with Crippen molar-refractivity contribution in [2.24, 2.45) is 0 Å². The summed E-state index contributed by atoms with van der Waals surface area (Å²) in [6.45, 7) is 0. The van der Waals surface area contributed by atoms with E-state index in [1.165, 1.54) is 13.2 Å². The van der Waals surface area contributed by atoms with Crippen molar-refractivity contribution in [2.75, 3.05) is 7.11 Å². The van der Waals surface area contributed by atoms with Gasteiger partial charge in [-0.3, -0.25) is 4.79 Å². The molecule has 0 atom stereocenters. The fourth-order valence-corrected chi connectivity index (χ4v) is 1.30. The van der Waals surface area contributed by atoms with Gasteiger partial charge in [0.2, 0.25) is 5.43 Å². The van der Waals surface area contributed by atoms with Gasteiger partial charge in [-0.15, -0.1) is 0 Å². The molecule has 0 amide bonds. The summed E-state index contributed by atoms with van der Waals surface area (Å²) in [7, 11) is 1.48. The molecule has 1 rings (SSSR count). The van der Waals surface area contributed by atoms with E-state index in [2.05, 4.69) is 4.98 Å². The average molecular weight is 251 g/mol. The third-order valence-corrected chi connectivity index (χ3v) is 1.87. The van der Waals surface area contributed by atoms with Crippen LogP contribution in [-0.4, -0.2) is 12.1 Å². The number of methoxy groups -OCH3 is 1. The van der Waals surface area contributed by atoms with Gasteiger partial charge in [0.25, 0.3) is 0 Å². The highest BCUT2D eigenvalue weighted by atomic mass is 127. The summed E-state index contributed by atoms with van der Waals surface area (Å²) in [4.78, 5) is 13.8. The van der Waals surface area contributed by atoms with Crippen LogP contribution in [0.25, 0.3) is 0 Å². The van der Waals surface area contributed by atoms with Crippen molar-refractivity contribution in [1.82, 2.24) is 4.98 Å². The summed E-state index contributed by atoms with van der Waals surface area (Å²) < 4.78 is 5.55. The lowest BCUT2D eigenvalue weighted by Crippen LogP contribution is -2.06. The van der Waals surface area contributed by atoms with Gasteiger partial charge in [-0.05, 0) is 22.6 Å². The Kier molecular flexibility index (Phi) is 2.31. The monoisotopic (exact) mass is 251 g/mol. The Bertz CT molecular complexity index is 281. The summed E-state index contributed by atoms with van der Waals surface area (Å²) in [6.07, 6.45) is 1.59. The van der Waals surface area contributed by atoms with Crippen LogP contribution >= 0.6 is 22.6 Å². The minimum atomic E-state index is -0.0920. The third kappa shape index (κ3) is 1.31. The minimum absolute atomic E-state index is 0.0920. The van der Waals surface area contributed by atoms with Gasteiger partial charge in [-0.25, -0.2) is 0 Å². The molecule has 0 aliphatic heterocycles. The maximum Gasteiger partial charge on any atom is 0.224 e. The van der Waals surface area contributed by atoms with Gasteiger partial charge in [-0.2, -0.15) is 0 Å². The fourth-order valence-electron chi connectivity index (χ4n) is 0.630. The molecule has 0 bridgehead atoms. The fraction of sp³-hybridized carbons (Fsp3) is 0.167. The molecule has 0 saturated carbocycles. The predicted molar refractivity (Wildman–Crippen MR) is 46.3 cm³/mol.